The molecule has 0 aliphatic rings. The number of nitrogens with one attached hydrogen (secondary N) is 2. The maximum atomic E-state index is 3.63. The molecule has 0 amide bonds. The molecule has 0 atom stereocenters. The molecule has 0 saturated carbocycles. The monoisotopic (exact) mass is 697 g/mol. The average Bonchev–Trinajstić information content (AvgIpc) is 3.61. The van der Waals surface area contributed by atoms with E-state index in [2.05, 4.69) is 173 Å². The molecule has 2 aromatic carbocycles. The lowest BCUT2D eigenvalue weighted by Crippen LogP contribution is -2.30. The summed E-state index contributed by atoms with van der Waals surface area (Å²) >= 11 is 0. The Kier molecular flexibility index (Phi) is 17.5. The number of aryl methyl sites for hydroxylation is 2. The van der Waals surface area contributed by atoms with Crippen molar-refractivity contribution >= 4 is 57.3 Å². The number of hydrogen-bond acceptors (Lipinski definition) is 6. The normalized spacial score (nSPS) is 11.6. The highest BCUT2D eigenvalue weighted by Crippen LogP contribution is 2.23. The summed E-state index contributed by atoms with van der Waals surface area (Å²) in [5.41, 5.74) is 7.53. The summed E-state index contributed by atoms with van der Waals surface area (Å²) in [5.74, 6) is 2.27. The molecular formula is C41H57N6S2+. The van der Waals surface area contributed by atoms with Gasteiger partial charge in [0.1, 0.15) is 6.54 Å². The maximum Gasteiger partial charge on any atom is 0.169 e. The highest BCUT2D eigenvalue weighted by Gasteiger charge is 2.07. The fourth-order valence-corrected chi connectivity index (χ4v) is 7.49. The summed E-state index contributed by atoms with van der Waals surface area (Å²) in [5, 5.41) is 7.25. The van der Waals surface area contributed by atoms with E-state index in [9.17, 15) is 0 Å². The molecule has 8 heteroatoms. The van der Waals surface area contributed by atoms with Crippen LogP contribution in [0.15, 0.2) is 91.5 Å². The lowest BCUT2D eigenvalue weighted by molar-refractivity contribution is -0.693. The minimum atomic E-state index is 0.994. The van der Waals surface area contributed by atoms with Crippen LogP contribution in [0.2, 0.25) is 0 Å². The first kappa shape index (κ1) is 38.4. The quantitative estimate of drug-likeness (QED) is 0.0464. The van der Waals surface area contributed by atoms with E-state index in [1.165, 1.54) is 33.6 Å². The molecule has 0 unspecified atom stereocenters. The van der Waals surface area contributed by atoms with E-state index >= 15 is 0 Å². The van der Waals surface area contributed by atoms with E-state index in [4.69, 9.17) is 0 Å². The molecule has 0 spiro atoms. The zero-order chi connectivity index (χ0) is 34.5. The summed E-state index contributed by atoms with van der Waals surface area (Å²) < 4.78 is 4.38. The molecule has 49 heavy (non-hydrogen) atoms. The van der Waals surface area contributed by atoms with Gasteiger partial charge in [-0.3, -0.25) is 0 Å². The van der Waals surface area contributed by atoms with Crippen LogP contribution in [0.4, 0.5) is 11.4 Å². The van der Waals surface area contributed by atoms with Gasteiger partial charge in [-0.05, 0) is 80.2 Å². The zero-order valence-electron chi connectivity index (χ0n) is 30.1. The first-order valence-corrected chi connectivity index (χ1v) is 20.3. The van der Waals surface area contributed by atoms with Gasteiger partial charge < -0.3 is 25.0 Å². The summed E-state index contributed by atoms with van der Waals surface area (Å²) in [6.45, 7) is 12.6. The first-order valence-electron chi connectivity index (χ1n) is 17.8. The number of rotatable bonds is 23. The van der Waals surface area contributed by atoms with Crippen LogP contribution in [0.25, 0.3) is 24.3 Å². The van der Waals surface area contributed by atoms with Crippen molar-refractivity contribution in [2.75, 3.05) is 74.7 Å². The molecule has 4 aromatic rings. The van der Waals surface area contributed by atoms with Crippen molar-refractivity contribution in [3.8, 4) is 0 Å². The van der Waals surface area contributed by atoms with E-state index in [-0.39, 0.29) is 0 Å². The van der Waals surface area contributed by atoms with Crippen LogP contribution in [0, 0.1) is 0 Å². The summed E-state index contributed by atoms with van der Waals surface area (Å²) in [6.07, 6.45) is 19.7. The summed E-state index contributed by atoms with van der Waals surface area (Å²) in [6, 6.07) is 23.8. The zero-order valence-corrected chi connectivity index (χ0v) is 31.7. The number of anilines is 2. The van der Waals surface area contributed by atoms with Gasteiger partial charge in [-0.15, -0.1) is 0 Å². The van der Waals surface area contributed by atoms with Gasteiger partial charge in [-0.25, -0.2) is 4.57 Å². The molecule has 262 valence electrons. The predicted octanol–water partition coefficient (Wildman–Crippen LogP) is 8.07. The van der Waals surface area contributed by atoms with Crippen LogP contribution in [0.1, 0.15) is 48.9 Å². The van der Waals surface area contributed by atoms with Crippen LogP contribution in [0.5, 0.6) is 0 Å². The lowest BCUT2D eigenvalue weighted by atomic mass is 10.1. The number of aromatic nitrogens is 2. The third kappa shape index (κ3) is 13.8. The van der Waals surface area contributed by atoms with Crippen molar-refractivity contribution in [1.29, 1.82) is 0 Å². The molecular weight excluding hydrogens is 641 g/mol. The molecule has 6 nitrogen and oxygen atoms in total. The Hall–Kier alpha value is -3.43. The van der Waals surface area contributed by atoms with Crippen molar-refractivity contribution in [3.63, 3.8) is 0 Å². The fraction of sp³-hybridized carbons (Fsp3) is 0.390. The molecule has 0 aliphatic carbocycles. The molecule has 0 radical (unpaired) electrons. The van der Waals surface area contributed by atoms with Crippen LogP contribution in [0.3, 0.4) is 0 Å². The van der Waals surface area contributed by atoms with E-state index in [1.54, 1.807) is 0 Å². The Labute approximate surface area is 304 Å². The average molecular weight is 698 g/mol. The highest BCUT2D eigenvalue weighted by atomic mass is 33.1. The van der Waals surface area contributed by atoms with Gasteiger partial charge in [-0.2, -0.15) is 0 Å². The van der Waals surface area contributed by atoms with Crippen molar-refractivity contribution in [2.45, 2.75) is 39.8 Å². The van der Waals surface area contributed by atoms with Gasteiger partial charge >= 0.3 is 0 Å². The van der Waals surface area contributed by atoms with E-state index in [0.29, 0.717) is 0 Å². The first-order chi connectivity index (χ1) is 24.1. The molecule has 0 fully saturated rings. The molecule has 0 bridgehead atoms. The third-order valence-electron chi connectivity index (χ3n) is 8.53. The third-order valence-corrected chi connectivity index (χ3v) is 10.9. The van der Waals surface area contributed by atoms with Crippen LogP contribution >= 0.6 is 21.6 Å². The molecule has 2 aromatic heterocycles. The van der Waals surface area contributed by atoms with Crippen LogP contribution < -0.4 is 25.0 Å². The molecule has 0 saturated heterocycles. The standard InChI is InChI=1S/C41H57N6S2/c1-5-46-30-21-36(22-31-46)17-19-38-13-7-9-15-40(38)44(3)28-11-24-42-26-33-48-49-34-27-43-25-12-29-45(4)41-16-10-8-14-39(41)20-18-37-23-32-47(6-2)35-37/h7-10,13-23,30-32,35,42-43H,5-6,11-12,24-29,33-34H2,1-4H3/q+1/b20-18+. The van der Waals surface area contributed by atoms with Gasteiger partial charge in [0, 0.05) is 94.2 Å². The van der Waals surface area contributed by atoms with E-state index in [0.717, 1.165) is 76.7 Å². The minimum Gasteiger partial charge on any atom is -0.374 e. The number of hydrogen-bond donors (Lipinski definition) is 2. The van der Waals surface area contributed by atoms with Gasteiger partial charge in [0.15, 0.2) is 12.4 Å². The highest BCUT2D eigenvalue weighted by molar-refractivity contribution is 8.76. The fourth-order valence-electron chi connectivity index (χ4n) is 5.59. The Morgan fingerprint density at radius 3 is 1.69 bits per heavy atom. The summed E-state index contributed by atoms with van der Waals surface area (Å²) in [7, 11) is 8.35. The SMILES string of the molecule is CCn1ccc(/C=C/c2ccccc2N(C)CCCNCCSSCCNCCCN(C)c2ccccc2/C=C/c2cc[n+](CC)cc2)c1. The number of para-hydroxylation sites is 2. The lowest BCUT2D eigenvalue weighted by Gasteiger charge is -2.21. The van der Waals surface area contributed by atoms with Gasteiger partial charge in [0.05, 0.1) is 0 Å². The minimum absolute atomic E-state index is 0.994. The molecule has 4 rings (SSSR count). The van der Waals surface area contributed by atoms with Crippen LogP contribution in [-0.4, -0.2) is 69.4 Å². The Morgan fingerprint density at radius 1 is 0.653 bits per heavy atom. The largest absolute Gasteiger partial charge is 0.374 e. The molecule has 0 aliphatic heterocycles. The summed E-state index contributed by atoms with van der Waals surface area (Å²) in [4.78, 5) is 4.75. The van der Waals surface area contributed by atoms with E-state index in [1.807, 2.05) is 21.6 Å². The topological polar surface area (TPSA) is 39.4 Å². The van der Waals surface area contributed by atoms with Gasteiger partial charge in [-0.1, -0.05) is 82.3 Å². The second-order valence-corrected chi connectivity index (χ2v) is 14.9. The number of benzene rings is 2. The van der Waals surface area contributed by atoms with Crippen molar-refractivity contribution in [3.05, 3.63) is 114 Å². The number of pyridine rings is 1. The Balaban J connectivity index is 1.00. The van der Waals surface area contributed by atoms with Crippen molar-refractivity contribution in [1.82, 2.24) is 15.2 Å². The molecule has 2 heterocycles. The van der Waals surface area contributed by atoms with Crippen molar-refractivity contribution < 1.29 is 4.57 Å². The number of nitrogens with zero attached hydrogens (tertiary/aromatic N) is 4. The Morgan fingerprint density at radius 2 is 1.18 bits per heavy atom. The maximum absolute atomic E-state index is 3.63. The van der Waals surface area contributed by atoms with Crippen molar-refractivity contribution in [2.24, 2.45) is 0 Å². The van der Waals surface area contributed by atoms with Crippen LogP contribution in [-0.2, 0) is 13.1 Å². The predicted molar refractivity (Wildman–Crippen MR) is 220 cm³/mol. The van der Waals surface area contributed by atoms with Gasteiger partial charge in [0.2, 0.25) is 0 Å². The van der Waals surface area contributed by atoms with Gasteiger partial charge in [0.25, 0.3) is 0 Å². The van der Waals surface area contributed by atoms with E-state index < -0.39 is 0 Å². The molecule has 2 N–H and O–H groups in total. The second kappa shape index (κ2) is 22.3. The second-order valence-electron chi connectivity index (χ2n) is 12.2. The Bertz CT molecular complexity index is 1550. The smallest absolute Gasteiger partial charge is 0.169 e.